The Balaban J connectivity index is 1.70. The van der Waals surface area contributed by atoms with Gasteiger partial charge >= 0.3 is 11.9 Å². The number of unbranched alkanes of at least 4 members (excludes halogenated alkanes) is 1. The fourth-order valence-corrected chi connectivity index (χ4v) is 6.37. The van der Waals surface area contributed by atoms with Gasteiger partial charge in [0.1, 0.15) is 18.1 Å². The van der Waals surface area contributed by atoms with E-state index in [1.165, 1.54) is 18.2 Å². The predicted octanol–water partition coefficient (Wildman–Crippen LogP) is 3.92. The van der Waals surface area contributed by atoms with Gasteiger partial charge in [0.15, 0.2) is 0 Å². The molecule has 1 N–H and O–H groups in total. The predicted molar refractivity (Wildman–Crippen MR) is 115 cm³/mol. The number of carbonyl (C=O) groups is 2. The zero-order chi connectivity index (χ0) is 21.8. The van der Waals surface area contributed by atoms with Crippen LogP contribution in [-0.4, -0.2) is 36.4 Å². The van der Waals surface area contributed by atoms with Crippen LogP contribution in [0.5, 0.6) is 0 Å². The number of hydrogen-bond acceptors (Lipinski definition) is 5. The lowest BCUT2D eigenvalue weighted by atomic mass is 9.48. The summed E-state index contributed by atoms with van der Waals surface area (Å²) in [6, 6.07) is 16.3. The van der Waals surface area contributed by atoms with E-state index in [0.29, 0.717) is 12.8 Å². The Morgan fingerprint density at radius 3 is 2.23 bits per heavy atom. The number of hydrogen-bond donors (Lipinski definition) is 1. The van der Waals surface area contributed by atoms with Crippen molar-refractivity contribution >= 4 is 11.9 Å². The van der Waals surface area contributed by atoms with E-state index >= 15 is 0 Å². The second kappa shape index (κ2) is 7.49. The van der Waals surface area contributed by atoms with E-state index in [2.05, 4.69) is 19.1 Å². The Kier molecular flexibility index (Phi) is 4.89. The van der Waals surface area contributed by atoms with Crippen molar-refractivity contribution in [2.75, 3.05) is 7.11 Å². The van der Waals surface area contributed by atoms with Crippen LogP contribution in [0.4, 0.5) is 0 Å². The van der Waals surface area contributed by atoms with Gasteiger partial charge in [-0.25, -0.2) is 0 Å². The Morgan fingerprint density at radius 2 is 1.68 bits per heavy atom. The number of aliphatic hydroxyl groups excluding tert-OH is 1. The lowest BCUT2D eigenvalue weighted by molar-refractivity contribution is -0.168. The molecule has 162 valence electrons. The van der Waals surface area contributed by atoms with E-state index in [1.807, 2.05) is 36.4 Å². The maximum absolute atomic E-state index is 13.6. The van der Waals surface area contributed by atoms with Crippen molar-refractivity contribution in [3.8, 4) is 0 Å². The van der Waals surface area contributed by atoms with Crippen molar-refractivity contribution in [2.24, 2.45) is 11.3 Å². The van der Waals surface area contributed by atoms with E-state index in [0.717, 1.165) is 24.0 Å². The molecular weight excluding hydrogens is 392 g/mol. The van der Waals surface area contributed by atoms with Crippen LogP contribution >= 0.6 is 0 Å². The van der Waals surface area contributed by atoms with Gasteiger partial charge in [0.05, 0.1) is 12.5 Å². The molecule has 0 radical (unpaired) electrons. The number of methoxy groups -OCH3 is 1. The molecule has 1 fully saturated rings. The average molecular weight is 421 g/mol. The van der Waals surface area contributed by atoms with Crippen LogP contribution in [0.3, 0.4) is 0 Å². The van der Waals surface area contributed by atoms with Crippen LogP contribution in [0.15, 0.2) is 48.5 Å². The first kappa shape index (κ1) is 20.3. The standard InChI is InChI=1S/C26H28O5/c1-3-4-13-20-23(27)22(24(28)31-20)26(25(29)30-2)14-19-15-9-5-7-11-17(15)21(26)18-12-8-6-10-16(18)19/h5-12,19-23,27H,3-4,13-14H2,1-2H3/t19?,20-,21?,22?,23+,26+/m0/s1. The van der Waals surface area contributed by atoms with E-state index in [1.54, 1.807) is 0 Å². The van der Waals surface area contributed by atoms with Crippen LogP contribution in [0, 0.1) is 11.3 Å². The van der Waals surface area contributed by atoms with Gasteiger partial charge in [0.25, 0.3) is 0 Å². The number of cyclic esters (lactones) is 1. The second-order valence-electron chi connectivity index (χ2n) is 9.07. The average Bonchev–Trinajstić information content (AvgIpc) is 3.10. The van der Waals surface area contributed by atoms with E-state index in [-0.39, 0.29) is 11.8 Å². The Hall–Kier alpha value is -2.66. The fraction of sp³-hybridized carbons (Fsp3) is 0.462. The van der Waals surface area contributed by atoms with Gasteiger partial charge in [-0.2, -0.15) is 0 Å². The molecule has 6 rings (SSSR count). The molecule has 0 spiro atoms. The molecule has 2 bridgehead atoms. The van der Waals surface area contributed by atoms with Crippen LogP contribution in [0.25, 0.3) is 0 Å². The molecule has 4 aliphatic rings. The summed E-state index contributed by atoms with van der Waals surface area (Å²) in [5.74, 6) is -2.28. The summed E-state index contributed by atoms with van der Waals surface area (Å²) >= 11 is 0. The quantitative estimate of drug-likeness (QED) is 0.743. The third-order valence-electron chi connectivity index (χ3n) is 7.63. The summed E-state index contributed by atoms with van der Waals surface area (Å²) in [7, 11) is 1.37. The highest BCUT2D eigenvalue weighted by atomic mass is 16.6. The molecule has 4 atom stereocenters. The number of fused-ring (bicyclic) bond motifs is 1. The Labute approximate surface area is 182 Å². The second-order valence-corrected chi connectivity index (χ2v) is 9.07. The summed E-state index contributed by atoms with van der Waals surface area (Å²) in [6.45, 7) is 2.06. The van der Waals surface area contributed by atoms with Crippen molar-refractivity contribution in [3.05, 3.63) is 70.8 Å². The smallest absolute Gasteiger partial charge is 0.313 e. The number of rotatable bonds is 5. The van der Waals surface area contributed by atoms with Gasteiger partial charge in [0.2, 0.25) is 0 Å². The van der Waals surface area contributed by atoms with Crippen molar-refractivity contribution in [1.29, 1.82) is 0 Å². The van der Waals surface area contributed by atoms with E-state index in [9.17, 15) is 14.7 Å². The molecule has 3 aliphatic carbocycles. The van der Waals surface area contributed by atoms with Crippen LogP contribution in [0.1, 0.15) is 66.7 Å². The molecule has 2 aromatic rings. The molecular formula is C26H28O5. The molecule has 0 aromatic heterocycles. The number of carbonyl (C=O) groups excluding carboxylic acids is 2. The zero-order valence-electron chi connectivity index (χ0n) is 17.9. The highest BCUT2D eigenvalue weighted by molar-refractivity contribution is 5.90. The summed E-state index contributed by atoms with van der Waals surface area (Å²) < 4.78 is 11.0. The first-order valence-corrected chi connectivity index (χ1v) is 11.2. The first-order valence-electron chi connectivity index (χ1n) is 11.2. The molecule has 1 aliphatic heterocycles. The summed E-state index contributed by atoms with van der Waals surface area (Å²) in [5, 5.41) is 11.3. The van der Waals surface area contributed by atoms with Crippen molar-refractivity contribution in [1.82, 2.24) is 0 Å². The molecule has 2 aromatic carbocycles. The molecule has 5 heteroatoms. The number of aliphatic hydroxyl groups is 1. The summed E-state index contributed by atoms with van der Waals surface area (Å²) in [5.41, 5.74) is 3.27. The SMILES string of the molecule is CCCC[C@@H]1OC(=O)C([C@@]2(C(=O)OC)CC3c4ccccc4C2c2ccccc23)[C@@H]1O. The lowest BCUT2D eigenvalue weighted by Crippen LogP contribution is -2.55. The number of ether oxygens (including phenoxy) is 2. The van der Waals surface area contributed by atoms with Crippen molar-refractivity contribution in [3.63, 3.8) is 0 Å². The maximum Gasteiger partial charge on any atom is 0.313 e. The minimum Gasteiger partial charge on any atom is -0.469 e. The van der Waals surface area contributed by atoms with Gasteiger partial charge in [-0.3, -0.25) is 9.59 Å². The van der Waals surface area contributed by atoms with Gasteiger partial charge in [0, 0.05) is 11.8 Å². The van der Waals surface area contributed by atoms with E-state index in [4.69, 9.17) is 9.47 Å². The Bertz CT molecular complexity index is 982. The van der Waals surface area contributed by atoms with Crippen molar-refractivity contribution < 1.29 is 24.2 Å². The number of benzene rings is 2. The Morgan fingerprint density at radius 1 is 1.10 bits per heavy atom. The third-order valence-corrected chi connectivity index (χ3v) is 7.63. The molecule has 1 heterocycles. The van der Waals surface area contributed by atoms with Gasteiger partial charge in [-0.15, -0.1) is 0 Å². The normalized spacial score (nSPS) is 32.9. The van der Waals surface area contributed by atoms with Crippen molar-refractivity contribution in [2.45, 2.75) is 56.7 Å². The first-order chi connectivity index (χ1) is 15.0. The van der Waals surface area contributed by atoms with Crippen LogP contribution in [-0.2, 0) is 19.1 Å². The van der Waals surface area contributed by atoms with Gasteiger partial charge in [-0.05, 0) is 41.5 Å². The molecule has 0 amide bonds. The summed E-state index contributed by atoms with van der Waals surface area (Å²) in [6.07, 6.45) is 1.21. The zero-order valence-corrected chi connectivity index (χ0v) is 17.9. The van der Waals surface area contributed by atoms with Crippen LogP contribution < -0.4 is 0 Å². The highest BCUT2D eigenvalue weighted by Crippen LogP contribution is 2.65. The minimum absolute atomic E-state index is 0.0359. The van der Waals surface area contributed by atoms with Gasteiger partial charge < -0.3 is 14.6 Å². The third kappa shape index (κ3) is 2.72. The number of esters is 2. The van der Waals surface area contributed by atoms with Crippen LogP contribution in [0.2, 0.25) is 0 Å². The maximum atomic E-state index is 13.6. The molecule has 1 unspecified atom stereocenters. The molecule has 1 saturated heterocycles. The largest absolute Gasteiger partial charge is 0.469 e. The topological polar surface area (TPSA) is 72.8 Å². The fourth-order valence-electron chi connectivity index (χ4n) is 6.37. The van der Waals surface area contributed by atoms with Gasteiger partial charge in [-0.1, -0.05) is 61.9 Å². The summed E-state index contributed by atoms with van der Waals surface area (Å²) in [4.78, 5) is 26.7. The lowest BCUT2D eigenvalue weighted by Gasteiger charge is -2.53. The molecule has 5 nitrogen and oxygen atoms in total. The highest BCUT2D eigenvalue weighted by Gasteiger charge is 2.67. The van der Waals surface area contributed by atoms with E-state index < -0.39 is 35.5 Å². The molecule has 31 heavy (non-hydrogen) atoms. The minimum atomic E-state index is -1.19. The monoisotopic (exact) mass is 420 g/mol. The molecule has 0 saturated carbocycles.